The van der Waals surface area contributed by atoms with E-state index >= 15 is 0 Å². The first-order valence-corrected chi connectivity index (χ1v) is 6.45. The van der Waals surface area contributed by atoms with E-state index in [1.807, 2.05) is 25.1 Å². The molecule has 20 heavy (non-hydrogen) atoms. The molecule has 104 valence electrons. The quantitative estimate of drug-likeness (QED) is 0.841. The van der Waals surface area contributed by atoms with Crippen molar-refractivity contribution in [3.05, 3.63) is 36.0 Å². The molecule has 0 radical (unpaired) electrons. The van der Waals surface area contributed by atoms with Crippen molar-refractivity contribution < 1.29 is 14.6 Å². The Hall–Kier alpha value is -2.14. The molecule has 3 rings (SSSR count). The molecular formula is C15H16N2O3. The van der Waals surface area contributed by atoms with Gasteiger partial charge < -0.3 is 14.7 Å². The molecule has 5 heteroatoms. The number of hydrogen-bond donors (Lipinski definition) is 1. The van der Waals surface area contributed by atoms with Crippen molar-refractivity contribution >= 4 is 22.6 Å². The normalized spacial score (nSPS) is 16.9. The number of fused-ring (bicyclic) bond motifs is 1. The highest BCUT2D eigenvalue weighted by Crippen LogP contribution is 2.30. The van der Waals surface area contributed by atoms with Crippen LogP contribution in [0.2, 0.25) is 0 Å². The third kappa shape index (κ3) is 2.10. The number of ether oxygens (including phenoxy) is 1. The van der Waals surface area contributed by atoms with Gasteiger partial charge in [0.2, 0.25) is 0 Å². The molecule has 1 aliphatic rings. The van der Waals surface area contributed by atoms with Crippen LogP contribution < -0.4 is 4.90 Å². The summed E-state index contributed by atoms with van der Waals surface area (Å²) in [6.45, 7) is 2.99. The van der Waals surface area contributed by atoms with E-state index in [1.54, 1.807) is 12.3 Å². The van der Waals surface area contributed by atoms with Gasteiger partial charge in [0.1, 0.15) is 0 Å². The summed E-state index contributed by atoms with van der Waals surface area (Å²) in [6.07, 6.45) is 1.60. The minimum Gasteiger partial charge on any atom is -0.465 e. The predicted molar refractivity (Wildman–Crippen MR) is 75.9 cm³/mol. The number of nitrogens with zero attached hydrogens (tertiary/aromatic N) is 2. The fraction of sp³-hybridized carbons (Fsp3) is 0.333. The van der Waals surface area contributed by atoms with E-state index in [-0.39, 0.29) is 5.97 Å². The van der Waals surface area contributed by atoms with E-state index in [0.717, 1.165) is 16.6 Å². The van der Waals surface area contributed by atoms with Crippen LogP contribution in [-0.2, 0) is 4.74 Å². The average Bonchev–Trinajstić information content (AvgIpc) is 2.42. The first-order valence-electron chi connectivity index (χ1n) is 6.45. The van der Waals surface area contributed by atoms with Gasteiger partial charge in [0.25, 0.3) is 0 Å². The Morgan fingerprint density at radius 2 is 2.15 bits per heavy atom. The number of hydrogen-bond acceptors (Lipinski definition) is 5. The largest absolute Gasteiger partial charge is 0.465 e. The van der Waals surface area contributed by atoms with Crippen LogP contribution in [0.25, 0.3) is 10.9 Å². The number of β-amino-alcohol motifs (C(OH)–C–C–N with tert-alkyl or cyclic N) is 1. The molecule has 2 aromatic rings. The molecule has 0 saturated carbocycles. The van der Waals surface area contributed by atoms with Crippen LogP contribution in [0.15, 0.2) is 30.5 Å². The molecule has 2 heterocycles. The Bertz CT molecular complexity index is 674. The van der Waals surface area contributed by atoms with Crippen LogP contribution in [0.3, 0.4) is 0 Å². The van der Waals surface area contributed by atoms with E-state index in [2.05, 4.69) is 9.88 Å². The summed E-state index contributed by atoms with van der Waals surface area (Å²) in [4.78, 5) is 18.1. The van der Waals surface area contributed by atoms with E-state index in [1.165, 1.54) is 7.11 Å². The highest BCUT2D eigenvalue weighted by Gasteiger charge is 2.36. The van der Waals surface area contributed by atoms with Gasteiger partial charge in [0.05, 0.1) is 23.8 Å². The lowest BCUT2D eigenvalue weighted by Gasteiger charge is -2.45. The Morgan fingerprint density at radius 3 is 2.80 bits per heavy atom. The number of pyridine rings is 1. The third-order valence-corrected chi connectivity index (χ3v) is 3.56. The van der Waals surface area contributed by atoms with Crippen molar-refractivity contribution in [3.63, 3.8) is 0 Å². The zero-order valence-electron chi connectivity index (χ0n) is 11.5. The highest BCUT2D eigenvalue weighted by atomic mass is 16.5. The maximum Gasteiger partial charge on any atom is 0.338 e. The lowest BCUT2D eigenvalue weighted by atomic mass is 9.95. The second-order valence-corrected chi connectivity index (χ2v) is 5.40. The first-order chi connectivity index (χ1) is 9.50. The number of benzene rings is 1. The summed E-state index contributed by atoms with van der Waals surface area (Å²) >= 11 is 0. The highest BCUT2D eigenvalue weighted by molar-refractivity contribution is 6.04. The molecule has 1 aliphatic heterocycles. The number of aromatic nitrogens is 1. The van der Waals surface area contributed by atoms with Crippen LogP contribution in [0.4, 0.5) is 5.69 Å². The maximum absolute atomic E-state index is 11.8. The summed E-state index contributed by atoms with van der Waals surface area (Å²) in [6, 6.07) is 7.41. The summed E-state index contributed by atoms with van der Waals surface area (Å²) in [5, 5.41) is 10.6. The zero-order chi connectivity index (χ0) is 14.3. The lowest BCUT2D eigenvalue weighted by molar-refractivity contribution is 0.0310. The molecule has 1 saturated heterocycles. The number of anilines is 1. The van der Waals surface area contributed by atoms with Crippen LogP contribution in [0, 0.1) is 0 Å². The van der Waals surface area contributed by atoms with Crippen molar-refractivity contribution in [2.75, 3.05) is 25.1 Å². The van der Waals surface area contributed by atoms with Gasteiger partial charge >= 0.3 is 5.97 Å². The number of methoxy groups -OCH3 is 1. The SMILES string of the molecule is COC(=O)c1ccnc2ccc(N3CC(C)(O)C3)cc12. The Labute approximate surface area is 116 Å². The predicted octanol–water partition coefficient (Wildman–Crippen LogP) is 1.59. The van der Waals surface area contributed by atoms with E-state index in [4.69, 9.17) is 4.74 Å². The summed E-state index contributed by atoms with van der Waals surface area (Å²) in [5.74, 6) is -0.370. The molecular weight excluding hydrogens is 256 g/mol. The number of carbonyl (C=O) groups excluding carboxylic acids is 1. The van der Waals surface area contributed by atoms with Gasteiger partial charge in [-0.1, -0.05) is 0 Å². The topological polar surface area (TPSA) is 62.7 Å². The van der Waals surface area contributed by atoms with Crippen molar-refractivity contribution in [2.45, 2.75) is 12.5 Å². The number of rotatable bonds is 2. The maximum atomic E-state index is 11.8. The monoisotopic (exact) mass is 272 g/mol. The second-order valence-electron chi connectivity index (χ2n) is 5.40. The van der Waals surface area contributed by atoms with Crippen molar-refractivity contribution in [2.24, 2.45) is 0 Å². The molecule has 1 aromatic carbocycles. The summed E-state index contributed by atoms with van der Waals surface area (Å²) < 4.78 is 4.80. The molecule has 0 spiro atoms. The third-order valence-electron chi connectivity index (χ3n) is 3.56. The summed E-state index contributed by atoms with van der Waals surface area (Å²) in [5.41, 5.74) is 1.60. The molecule has 0 unspecified atom stereocenters. The zero-order valence-corrected chi connectivity index (χ0v) is 11.5. The Kier molecular flexibility index (Phi) is 2.87. The van der Waals surface area contributed by atoms with E-state index < -0.39 is 5.60 Å². The molecule has 0 atom stereocenters. The molecule has 1 aromatic heterocycles. The van der Waals surface area contributed by atoms with Crippen molar-refractivity contribution in [1.82, 2.24) is 4.98 Å². The summed E-state index contributed by atoms with van der Waals surface area (Å²) in [7, 11) is 1.37. The molecule has 0 amide bonds. The van der Waals surface area contributed by atoms with Crippen LogP contribution in [0.1, 0.15) is 17.3 Å². The average molecular weight is 272 g/mol. The fourth-order valence-corrected chi connectivity index (χ4v) is 2.58. The fourth-order valence-electron chi connectivity index (χ4n) is 2.58. The van der Waals surface area contributed by atoms with Gasteiger partial charge in [0, 0.05) is 30.4 Å². The first kappa shape index (κ1) is 12.9. The number of aliphatic hydroxyl groups is 1. The molecule has 0 bridgehead atoms. The van der Waals surface area contributed by atoms with E-state index in [0.29, 0.717) is 18.7 Å². The van der Waals surface area contributed by atoms with Gasteiger partial charge in [-0.05, 0) is 31.2 Å². The van der Waals surface area contributed by atoms with Gasteiger partial charge in [0.15, 0.2) is 0 Å². The lowest BCUT2D eigenvalue weighted by Crippen LogP contribution is -2.60. The Morgan fingerprint density at radius 1 is 1.40 bits per heavy atom. The molecule has 1 fully saturated rings. The molecule has 0 aliphatic carbocycles. The number of carbonyl (C=O) groups is 1. The van der Waals surface area contributed by atoms with Gasteiger partial charge in [-0.3, -0.25) is 4.98 Å². The van der Waals surface area contributed by atoms with Gasteiger partial charge in [-0.15, -0.1) is 0 Å². The van der Waals surface area contributed by atoms with Crippen molar-refractivity contribution in [1.29, 1.82) is 0 Å². The van der Waals surface area contributed by atoms with Crippen LogP contribution >= 0.6 is 0 Å². The minimum absolute atomic E-state index is 0.370. The van der Waals surface area contributed by atoms with Gasteiger partial charge in [-0.25, -0.2) is 4.79 Å². The molecule has 5 nitrogen and oxygen atoms in total. The van der Waals surface area contributed by atoms with Crippen LogP contribution in [-0.4, -0.2) is 41.9 Å². The smallest absolute Gasteiger partial charge is 0.338 e. The minimum atomic E-state index is -0.630. The van der Waals surface area contributed by atoms with Crippen LogP contribution in [0.5, 0.6) is 0 Å². The Balaban J connectivity index is 2.03. The standard InChI is InChI=1S/C15H16N2O3/c1-15(19)8-17(9-15)10-3-4-13-12(7-10)11(5-6-16-13)14(18)20-2/h3-7,19H,8-9H2,1-2H3. The van der Waals surface area contributed by atoms with E-state index in [9.17, 15) is 9.90 Å². The second kappa shape index (κ2) is 4.45. The van der Waals surface area contributed by atoms with Crippen molar-refractivity contribution in [3.8, 4) is 0 Å². The van der Waals surface area contributed by atoms with Gasteiger partial charge in [-0.2, -0.15) is 0 Å². The number of esters is 1. The molecule has 1 N–H and O–H groups in total.